The first-order chi connectivity index (χ1) is 10.8. The molecule has 0 aromatic heterocycles. The molecule has 0 spiro atoms. The largest absolute Gasteiger partial charge is 0.380 e. The standard InChI is InChI=1S/C16H16BrN3O2S/c1-20(2)23(21,22)14-6-3-12(4-7-14)11-19-16-8-5-13(10-18)9-15(16)17/h3-9,19H,11H2,1-2H3. The summed E-state index contributed by atoms with van der Waals surface area (Å²) in [6.45, 7) is 0.548. The molecule has 0 radical (unpaired) electrons. The van der Waals surface area contributed by atoms with Gasteiger partial charge in [-0.2, -0.15) is 5.26 Å². The third-order valence-corrected chi connectivity index (χ3v) is 5.77. The van der Waals surface area contributed by atoms with Crippen molar-refractivity contribution in [3.8, 4) is 6.07 Å². The van der Waals surface area contributed by atoms with E-state index >= 15 is 0 Å². The highest BCUT2D eigenvalue weighted by molar-refractivity contribution is 9.10. The molecule has 0 atom stereocenters. The van der Waals surface area contributed by atoms with E-state index in [1.807, 2.05) is 6.07 Å². The fraction of sp³-hybridized carbons (Fsp3) is 0.188. The molecule has 1 N–H and O–H groups in total. The Morgan fingerprint density at radius 1 is 1.17 bits per heavy atom. The highest BCUT2D eigenvalue weighted by Gasteiger charge is 2.16. The molecule has 2 aromatic rings. The number of sulfonamides is 1. The summed E-state index contributed by atoms with van der Waals surface area (Å²) in [5, 5.41) is 12.1. The molecule has 23 heavy (non-hydrogen) atoms. The Morgan fingerprint density at radius 3 is 2.35 bits per heavy atom. The molecule has 0 saturated carbocycles. The number of nitrogens with zero attached hydrogens (tertiary/aromatic N) is 2. The van der Waals surface area contributed by atoms with Gasteiger partial charge in [-0.25, -0.2) is 12.7 Å². The van der Waals surface area contributed by atoms with Crippen LogP contribution in [0.5, 0.6) is 0 Å². The summed E-state index contributed by atoms with van der Waals surface area (Å²) in [4.78, 5) is 0.269. The Hall–Kier alpha value is -1.88. The summed E-state index contributed by atoms with van der Waals surface area (Å²) in [5.74, 6) is 0. The van der Waals surface area contributed by atoms with E-state index in [1.54, 1.807) is 36.4 Å². The fourth-order valence-electron chi connectivity index (χ4n) is 1.92. The first kappa shape index (κ1) is 17.5. The quantitative estimate of drug-likeness (QED) is 0.846. The molecule has 0 fully saturated rings. The van der Waals surface area contributed by atoms with Crippen molar-refractivity contribution >= 4 is 31.6 Å². The minimum atomic E-state index is -3.40. The van der Waals surface area contributed by atoms with Crippen LogP contribution in [0.2, 0.25) is 0 Å². The number of hydrogen-bond donors (Lipinski definition) is 1. The Kier molecular flexibility index (Phi) is 5.42. The van der Waals surface area contributed by atoms with E-state index in [9.17, 15) is 8.42 Å². The highest BCUT2D eigenvalue weighted by atomic mass is 79.9. The number of halogens is 1. The summed E-state index contributed by atoms with van der Waals surface area (Å²) in [6.07, 6.45) is 0. The zero-order chi connectivity index (χ0) is 17.0. The van der Waals surface area contributed by atoms with E-state index in [0.29, 0.717) is 12.1 Å². The summed E-state index contributed by atoms with van der Waals surface area (Å²) in [5.41, 5.74) is 2.41. The van der Waals surface area contributed by atoms with E-state index in [4.69, 9.17) is 5.26 Å². The van der Waals surface area contributed by atoms with E-state index < -0.39 is 10.0 Å². The molecule has 0 amide bonds. The van der Waals surface area contributed by atoms with Crippen molar-refractivity contribution < 1.29 is 8.42 Å². The van der Waals surface area contributed by atoms with Crippen LogP contribution >= 0.6 is 15.9 Å². The van der Waals surface area contributed by atoms with Gasteiger partial charge in [-0.15, -0.1) is 0 Å². The number of nitrogens with one attached hydrogen (secondary N) is 1. The summed E-state index contributed by atoms with van der Waals surface area (Å²) < 4.78 is 26.0. The van der Waals surface area contributed by atoms with Crippen LogP contribution in [0.15, 0.2) is 51.8 Å². The lowest BCUT2D eigenvalue weighted by molar-refractivity contribution is 0.520. The Balaban J connectivity index is 2.09. The van der Waals surface area contributed by atoms with Crippen LogP contribution in [0, 0.1) is 11.3 Å². The maximum absolute atomic E-state index is 12.0. The summed E-state index contributed by atoms with van der Waals surface area (Å²) >= 11 is 3.42. The van der Waals surface area contributed by atoms with Crippen molar-refractivity contribution in [2.45, 2.75) is 11.4 Å². The smallest absolute Gasteiger partial charge is 0.242 e. The van der Waals surface area contributed by atoms with E-state index in [1.165, 1.54) is 18.4 Å². The van der Waals surface area contributed by atoms with Crippen LogP contribution in [-0.4, -0.2) is 26.8 Å². The van der Waals surface area contributed by atoms with Crippen molar-refractivity contribution in [2.24, 2.45) is 0 Å². The second-order valence-corrected chi connectivity index (χ2v) is 8.10. The van der Waals surface area contributed by atoms with Crippen LogP contribution < -0.4 is 5.32 Å². The average Bonchev–Trinajstić information content (AvgIpc) is 2.53. The molecule has 0 aliphatic carbocycles. The van der Waals surface area contributed by atoms with Gasteiger partial charge in [-0.1, -0.05) is 12.1 Å². The topological polar surface area (TPSA) is 73.2 Å². The lowest BCUT2D eigenvalue weighted by Crippen LogP contribution is -2.22. The van der Waals surface area contributed by atoms with Crippen LogP contribution in [0.25, 0.3) is 0 Å². The summed E-state index contributed by atoms with van der Waals surface area (Å²) in [7, 11) is -0.386. The Bertz CT molecular complexity index is 841. The second-order valence-electron chi connectivity index (χ2n) is 5.09. The van der Waals surface area contributed by atoms with Gasteiger partial charge in [0.05, 0.1) is 16.5 Å². The minimum absolute atomic E-state index is 0.269. The molecular weight excluding hydrogens is 378 g/mol. The monoisotopic (exact) mass is 393 g/mol. The Morgan fingerprint density at radius 2 is 1.83 bits per heavy atom. The average molecular weight is 394 g/mol. The number of benzene rings is 2. The molecule has 0 heterocycles. The molecule has 0 saturated heterocycles. The molecular formula is C16H16BrN3O2S. The molecule has 2 aromatic carbocycles. The first-order valence-electron chi connectivity index (χ1n) is 6.79. The predicted octanol–water partition coefficient (Wildman–Crippen LogP) is 3.18. The number of hydrogen-bond acceptors (Lipinski definition) is 4. The molecule has 5 nitrogen and oxygen atoms in total. The lowest BCUT2D eigenvalue weighted by Gasteiger charge is -2.12. The molecule has 7 heteroatoms. The molecule has 0 bridgehead atoms. The van der Waals surface area contributed by atoms with Crippen LogP contribution in [0.3, 0.4) is 0 Å². The van der Waals surface area contributed by atoms with Gasteiger partial charge < -0.3 is 5.32 Å². The second kappa shape index (κ2) is 7.13. The molecule has 0 unspecified atom stereocenters. The lowest BCUT2D eigenvalue weighted by atomic mass is 10.2. The van der Waals surface area contributed by atoms with Crippen molar-refractivity contribution in [1.82, 2.24) is 4.31 Å². The molecule has 120 valence electrons. The van der Waals surface area contributed by atoms with Gasteiger partial charge in [0.25, 0.3) is 0 Å². The Labute approximate surface area is 144 Å². The third-order valence-electron chi connectivity index (χ3n) is 3.28. The SMILES string of the molecule is CN(C)S(=O)(=O)c1ccc(CNc2ccc(C#N)cc2Br)cc1. The fourth-order valence-corrected chi connectivity index (χ4v) is 3.34. The van der Waals surface area contributed by atoms with E-state index in [-0.39, 0.29) is 4.90 Å². The van der Waals surface area contributed by atoms with E-state index in [2.05, 4.69) is 27.3 Å². The summed E-state index contributed by atoms with van der Waals surface area (Å²) in [6, 6.07) is 14.1. The van der Waals surface area contributed by atoms with Gasteiger partial charge in [0.2, 0.25) is 10.0 Å². The van der Waals surface area contributed by atoms with Gasteiger partial charge in [-0.05, 0) is 51.8 Å². The maximum Gasteiger partial charge on any atom is 0.242 e. The van der Waals surface area contributed by atoms with Gasteiger partial charge in [-0.3, -0.25) is 0 Å². The van der Waals surface area contributed by atoms with Gasteiger partial charge in [0.1, 0.15) is 0 Å². The van der Waals surface area contributed by atoms with Crippen molar-refractivity contribution in [2.75, 3.05) is 19.4 Å². The number of anilines is 1. The zero-order valence-corrected chi connectivity index (χ0v) is 15.1. The van der Waals surface area contributed by atoms with Gasteiger partial charge >= 0.3 is 0 Å². The molecule has 0 aliphatic rings. The van der Waals surface area contributed by atoms with Crippen LogP contribution in [0.4, 0.5) is 5.69 Å². The van der Waals surface area contributed by atoms with Crippen molar-refractivity contribution in [3.63, 3.8) is 0 Å². The molecule has 2 rings (SSSR count). The van der Waals surface area contributed by atoms with Gasteiger partial charge in [0, 0.05) is 30.8 Å². The zero-order valence-electron chi connectivity index (χ0n) is 12.7. The van der Waals surface area contributed by atoms with Crippen LogP contribution in [0.1, 0.15) is 11.1 Å². The number of nitriles is 1. The van der Waals surface area contributed by atoms with E-state index in [0.717, 1.165) is 15.7 Å². The maximum atomic E-state index is 12.0. The minimum Gasteiger partial charge on any atom is -0.380 e. The van der Waals surface area contributed by atoms with Crippen molar-refractivity contribution in [3.05, 3.63) is 58.1 Å². The van der Waals surface area contributed by atoms with Crippen LogP contribution in [-0.2, 0) is 16.6 Å². The molecule has 0 aliphatic heterocycles. The first-order valence-corrected chi connectivity index (χ1v) is 9.03. The van der Waals surface area contributed by atoms with Crippen molar-refractivity contribution in [1.29, 1.82) is 5.26 Å². The highest BCUT2D eigenvalue weighted by Crippen LogP contribution is 2.24. The predicted molar refractivity (Wildman–Crippen MR) is 93.5 cm³/mol. The normalized spacial score (nSPS) is 11.3. The van der Waals surface area contributed by atoms with Gasteiger partial charge in [0.15, 0.2) is 0 Å². The number of rotatable bonds is 5. The third kappa shape index (κ3) is 4.10.